The Hall–Kier alpha value is -3.88. The van der Waals surface area contributed by atoms with E-state index in [1.807, 2.05) is 6.07 Å². The highest BCUT2D eigenvalue weighted by molar-refractivity contribution is 6.31. The standard InChI is InChI=1S/C27H27ClF3N5O3/c1-14-4-7-20(33)22(21(14)24(38)36-18-5-6-19(28)16(9-18)10-32)23(37)17-8-15(11-34-13-17)12-35-25(39)26(2,3)27(29,30)31/h4-9,11,20,22,34H,12-13,33H2,1-3H3,(H,35,39)(H,36,38). The summed E-state index contributed by atoms with van der Waals surface area (Å²) < 4.78 is 39.5. The second kappa shape index (κ2) is 11.5. The SMILES string of the molecule is CC1=C(C(=O)Nc2ccc(Cl)c(C#N)c2)C(C(=O)C2=CC(CNC(=O)C(C)(C)C(F)(F)F)=CNC2)C(N)C=C1. The molecule has 39 heavy (non-hydrogen) atoms. The van der Waals surface area contributed by atoms with E-state index in [2.05, 4.69) is 16.0 Å². The molecule has 1 aliphatic carbocycles. The molecule has 0 spiro atoms. The highest BCUT2D eigenvalue weighted by Gasteiger charge is 2.52. The number of dihydropyridines is 1. The summed E-state index contributed by atoms with van der Waals surface area (Å²) in [5.41, 5.74) is 5.39. The van der Waals surface area contributed by atoms with Crippen molar-refractivity contribution in [3.63, 3.8) is 0 Å². The maximum atomic E-state index is 13.6. The Kier molecular flexibility index (Phi) is 8.73. The fourth-order valence-corrected chi connectivity index (χ4v) is 4.17. The first-order chi connectivity index (χ1) is 18.2. The number of amides is 2. The summed E-state index contributed by atoms with van der Waals surface area (Å²) in [7, 11) is 0. The third-order valence-corrected chi connectivity index (χ3v) is 6.88. The van der Waals surface area contributed by atoms with Crippen LogP contribution in [0.3, 0.4) is 0 Å². The van der Waals surface area contributed by atoms with Gasteiger partial charge in [0.1, 0.15) is 11.5 Å². The van der Waals surface area contributed by atoms with Gasteiger partial charge in [-0.2, -0.15) is 18.4 Å². The van der Waals surface area contributed by atoms with Gasteiger partial charge in [-0.1, -0.05) is 23.8 Å². The number of nitrogens with one attached hydrogen (secondary N) is 3. The summed E-state index contributed by atoms with van der Waals surface area (Å²) in [4.78, 5) is 39.1. The van der Waals surface area contributed by atoms with E-state index in [0.717, 1.165) is 13.8 Å². The first-order valence-corrected chi connectivity index (χ1v) is 12.2. The molecule has 1 aliphatic heterocycles. The number of rotatable bonds is 7. The molecule has 8 nitrogen and oxygen atoms in total. The van der Waals surface area contributed by atoms with Gasteiger partial charge < -0.3 is 21.7 Å². The number of ketones is 1. The smallest absolute Gasteiger partial charge is 0.386 e. The molecular formula is C27H27ClF3N5O3. The van der Waals surface area contributed by atoms with Crippen LogP contribution in [-0.4, -0.2) is 42.9 Å². The minimum Gasteiger partial charge on any atom is -0.386 e. The van der Waals surface area contributed by atoms with Crippen molar-refractivity contribution in [1.82, 2.24) is 10.6 Å². The average molecular weight is 562 g/mol. The van der Waals surface area contributed by atoms with Gasteiger partial charge in [0.2, 0.25) is 5.91 Å². The van der Waals surface area contributed by atoms with Crippen molar-refractivity contribution in [2.24, 2.45) is 17.1 Å². The quantitative estimate of drug-likeness (QED) is 0.401. The molecule has 0 bridgehead atoms. The third kappa shape index (κ3) is 6.41. The first-order valence-electron chi connectivity index (χ1n) is 11.8. The molecule has 0 saturated heterocycles. The molecule has 0 radical (unpaired) electrons. The Morgan fingerprint density at radius 3 is 2.59 bits per heavy atom. The lowest BCUT2D eigenvalue weighted by atomic mass is 9.78. The number of hydrogen-bond donors (Lipinski definition) is 4. The largest absolute Gasteiger partial charge is 0.402 e. The minimum atomic E-state index is -4.73. The number of carbonyl (C=O) groups excluding carboxylic acids is 3. The predicted molar refractivity (Wildman–Crippen MR) is 140 cm³/mol. The monoisotopic (exact) mass is 561 g/mol. The lowest BCUT2D eigenvalue weighted by Crippen LogP contribution is -2.47. The summed E-state index contributed by atoms with van der Waals surface area (Å²) in [5.74, 6) is -3.30. The molecule has 206 valence electrons. The van der Waals surface area contributed by atoms with Crippen molar-refractivity contribution in [2.45, 2.75) is 33.0 Å². The zero-order valence-electron chi connectivity index (χ0n) is 21.4. The molecule has 3 rings (SSSR count). The van der Waals surface area contributed by atoms with Gasteiger partial charge in [-0.05, 0) is 56.2 Å². The van der Waals surface area contributed by atoms with Gasteiger partial charge >= 0.3 is 6.18 Å². The first kappa shape index (κ1) is 29.7. The van der Waals surface area contributed by atoms with Crippen LogP contribution >= 0.6 is 11.6 Å². The highest BCUT2D eigenvalue weighted by Crippen LogP contribution is 2.37. The number of Topliss-reactive ketones (excluding diaryl/α,β-unsaturated/α-hetero) is 1. The van der Waals surface area contributed by atoms with Gasteiger partial charge in [0, 0.05) is 42.2 Å². The van der Waals surface area contributed by atoms with Crippen molar-refractivity contribution in [1.29, 1.82) is 5.26 Å². The van der Waals surface area contributed by atoms with E-state index in [9.17, 15) is 32.8 Å². The Balaban J connectivity index is 1.81. The number of nitrogens with two attached hydrogens (primary N) is 1. The molecule has 1 aromatic carbocycles. The van der Waals surface area contributed by atoms with E-state index in [1.165, 1.54) is 30.5 Å². The normalized spacial score (nSPS) is 19.4. The van der Waals surface area contributed by atoms with Crippen molar-refractivity contribution in [2.75, 3.05) is 18.4 Å². The second-order valence-electron chi connectivity index (χ2n) is 9.71. The van der Waals surface area contributed by atoms with Crippen LogP contribution in [0, 0.1) is 22.7 Å². The second-order valence-corrected chi connectivity index (χ2v) is 10.1. The van der Waals surface area contributed by atoms with E-state index in [0.29, 0.717) is 16.8 Å². The van der Waals surface area contributed by atoms with Gasteiger partial charge in [0.05, 0.1) is 16.5 Å². The van der Waals surface area contributed by atoms with Crippen molar-refractivity contribution < 1.29 is 27.6 Å². The molecule has 12 heteroatoms. The molecule has 0 aromatic heterocycles. The topological polar surface area (TPSA) is 137 Å². The summed E-state index contributed by atoms with van der Waals surface area (Å²) in [6, 6.07) is 5.49. The zero-order valence-corrected chi connectivity index (χ0v) is 22.1. The van der Waals surface area contributed by atoms with E-state index in [1.54, 1.807) is 19.1 Å². The molecule has 5 N–H and O–H groups in total. The number of allylic oxidation sites excluding steroid dienone is 2. The van der Waals surface area contributed by atoms with Crippen LogP contribution in [0.2, 0.25) is 5.02 Å². The van der Waals surface area contributed by atoms with E-state index >= 15 is 0 Å². The number of benzene rings is 1. The van der Waals surface area contributed by atoms with Gasteiger partial charge in [0.25, 0.3) is 5.91 Å². The molecular weight excluding hydrogens is 535 g/mol. The number of halogens is 4. The fourth-order valence-electron chi connectivity index (χ4n) is 4.01. The number of nitrogens with zero attached hydrogens (tertiary/aromatic N) is 1. The van der Waals surface area contributed by atoms with Gasteiger partial charge in [-0.25, -0.2) is 0 Å². The molecule has 1 heterocycles. The zero-order chi connectivity index (χ0) is 29.1. The summed E-state index contributed by atoms with van der Waals surface area (Å²) in [6.07, 6.45) is 1.47. The van der Waals surface area contributed by atoms with Crippen molar-refractivity contribution >= 4 is 34.9 Å². The molecule has 0 fully saturated rings. The number of alkyl halides is 3. The van der Waals surface area contributed by atoms with Crippen LogP contribution in [0.1, 0.15) is 26.3 Å². The maximum Gasteiger partial charge on any atom is 0.402 e. The Labute approximate surface area is 228 Å². The minimum absolute atomic E-state index is 0.0912. The Morgan fingerprint density at radius 2 is 1.95 bits per heavy atom. The molecule has 2 atom stereocenters. The number of carbonyl (C=O) groups is 3. The number of anilines is 1. The van der Waals surface area contributed by atoms with E-state index in [4.69, 9.17) is 17.3 Å². The van der Waals surface area contributed by atoms with Crippen LogP contribution in [-0.2, 0) is 14.4 Å². The molecule has 2 amide bonds. The van der Waals surface area contributed by atoms with E-state index in [-0.39, 0.29) is 34.8 Å². The number of hydrogen-bond acceptors (Lipinski definition) is 6. The molecule has 2 aliphatic rings. The maximum absolute atomic E-state index is 13.6. The van der Waals surface area contributed by atoms with Crippen LogP contribution in [0.25, 0.3) is 0 Å². The molecule has 0 saturated carbocycles. The van der Waals surface area contributed by atoms with Crippen LogP contribution in [0.4, 0.5) is 18.9 Å². The number of nitriles is 1. The lowest BCUT2D eigenvalue weighted by Gasteiger charge is -2.29. The predicted octanol–water partition coefficient (Wildman–Crippen LogP) is 3.67. The van der Waals surface area contributed by atoms with Gasteiger partial charge in [0.15, 0.2) is 5.78 Å². The fraction of sp³-hybridized carbons (Fsp3) is 0.333. The van der Waals surface area contributed by atoms with Crippen LogP contribution in [0.15, 0.2) is 64.9 Å². The molecule has 1 aromatic rings. The van der Waals surface area contributed by atoms with Crippen molar-refractivity contribution in [3.8, 4) is 6.07 Å². The van der Waals surface area contributed by atoms with Gasteiger partial charge in [-0.15, -0.1) is 0 Å². The van der Waals surface area contributed by atoms with Crippen LogP contribution in [0.5, 0.6) is 0 Å². The highest BCUT2D eigenvalue weighted by atomic mass is 35.5. The lowest BCUT2D eigenvalue weighted by molar-refractivity contribution is -0.211. The third-order valence-electron chi connectivity index (χ3n) is 6.55. The summed E-state index contributed by atoms with van der Waals surface area (Å²) >= 11 is 5.96. The van der Waals surface area contributed by atoms with Crippen molar-refractivity contribution in [3.05, 3.63) is 75.5 Å². The average Bonchev–Trinajstić information content (AvgIpc) is 2.88. The summed E-state index contributed by atoms with van der Waals surface area (Å²) in [6.45, 7) is 3.07. The molecule has 2 unspecified atom stereocenters. The van der Waals surface area contributed by atoms with Gasteiger partial charge in [-0.3, -0.25) is 14.4 Å². The summed E-state index contributed by atoms with van der Waals surface area (Å²) in [5, 5.41) is 17.3. The Bertz CT molecular complexity index is 1370. The van der Waals surface area contributed by atoms with E-state index < -0.39 is 41.1 Å². The van der Waals surface area contributed by atoms with Crippen LogP contribution < -0.4 is 21.7 Å². The Morgan fingerprint density at radius 1 is 1.26 bits per heavy atom.